The second-order valence-electron chi connectivity index (χ2n) is 7.35. The molecule has 1 amide bonds. The monoisotopic (exact) mass is 411 g/mol. The van der Waals surface area contributed by atoms with Crippen molar-refractivity contribution in [3.8, 4) is 0 Å². The summed E-state index contributed by atoms with van der Waals surface area (Å²) in [6, 6.07) is 4.52. The van der Waals surface area contributed by atoms with Crippen molar-refractivity contribution in [2.45, 2.75) is 37.0 Å². The first-order chi connectivity index (χ1) is 13.1. The van der Waals surface area contributed by atoms with Gasteiger partial charge in [-0.1, -0.05) is 19.3 Å². The molecule has 8 nitrogen and oxygen atoms in total. The van der Waals surface area contributed by atoms with E-state index in [0.717, 1.165) is 36.4 Å². The van der Waals surface area contributed by atoms with Gasteiger partial charge in [-0.05, 0) is 31.0 Å². The van der Waals surface area contributed by atoms with Crippen molar-refractivity contribution < 1.29 is 22.7 Å². The van der Waals surface area contributed by atoms with E-state index in [1.165, 1.54) is 26.2 Å². The number of amides is 1. The Morgan fingerprint density at radius 2 is 1.75 bits per heavy atom. The van der Waals surface area contributed by atoms with E-state index in [-0.39, 0.29) is 16.8 Å². The fourth-order valence-electron chi connectivity index (χ4n) is 3.16. The molecular formula is C19H29N3O5S. The van der Waals surface area contributed by atoms with Crippen LogP contribution in [0.15, 0.2) is 23.1 Å². The summed E-state index contributed by atoms with van der Waals surface area (Å²) in [4.78, 5) is 26.2. The number of nitrogens with zero attached hydrogens (tertiary/aromatic N) is 2. The van der Waals surface area contributed by atoms with E-state index in [4.69, 9.17) is 4.74 Å². The fourth-order valence-corrected chi connectivity index (χ4v) is 4.08. The minimum Gasteiger partial charge on any atom is -0.455 e. The van der Waals surface area contributed by atoms with Crippen molar-refractivity contribution in [1.29, 1.82) is 0 Å². The SMILES string of the molecule is CN(C)c1ccc(S(=O)(=O)N(C)C)cc1NC(=O)COC(=O)C1CCCCC1. The number of hydrogen-bond acceptors (Lipinski definition) is 6. The largest absolute Gasteiger partial charge is 0.455 e. The smallest absolute Gasteiger partial charge is 0.309 e. The van der Waals surface area contributed by atoms with Crippen molar-refractivity contribution >= 4 is 33.3 Å². The number of carbonyl (C=O) groups is 2. The molecule has 1 aliphatic carbocycles. The molecule has 0 aliphatic heterocycles. The van der Waals surface area contributed by atoms with E-state index in [9.17, 15) is 18.0 Å². The molecule has 1 fully saturated rings. The highest BCUT2D eigenvalue weighted by Gasteiger charge is 2.24. The van der Waals surface area contributed by atoms with E-state index in [2.05, 4.69) is 5.32 Å². The number of hydrogen-bond donors (Lipinski definition) is 1. The Kier molecular flexibility index (Phi) is 7.42. The Morgan fingerprint density at radius 1 is 1.11 bits per heavy atom. The van der Waals surface area contributed by atoms with Gasteiger partial charge in [0, 0.05) is 28.2 Å². The van der Waals surface area contributed by atoms with Crippen LogP contribution in [0.25, 0.3) is 0 Å². The predicted molar refractivity (Wildman–Crippen MR) is 108 cm³/mol. The minimum absolute atomic E-state index is 0.0672. The van der Waals surface area contributed by atoms with Crippen molar-refractivity contribution in [2.24, 2.45) is 5.92 Å². The van der Waals surface area contributed by atoms with Crippen LogP contribution < -0.4 is 10.2 Å². The molecule has 0 spiro atoms. The van der Waals surface area contributed by atoms with Crippen molar-refractivity contribution in [2.75, 3.05) is 45.0 Å². The van der Waals surface area contributed by atoms with E-state index < -0.39 is 22.5 Å². The van der Waals surface area contributed by atoms with Gasteiger partial charge in [-0.15, -0.1) is 0 Å². The number of ether oxygens (including phenoxy) is 1. The van der Waals surface area contributed by atoms with E-state index >= 15 is 0 Å². The highest BCUT2D eigenvalue weighted by Crippen LogP contribution is 2.29. The molecule has 0 saturated heterocycles. The summed E-state index contributed by atoms with van der Waals surface area (Å²) in [6.07, 6.45) is 4.74. The first kappa shape index (κ1) is 22.2. The summed E-state index contributed by atoms with van der Waals surface area (Å²) in [5.41, 5.74) is 0.983. The Bertz CT molecular complexity index is 815. The van der Waals surface area contributed by atoms with Crippen LogP contribution in [-0.2, 0) is 24.3 Å². The molecule has 1 aliphatic rings. The number of benzene rings is 1. The van der Waals surface area contributed by atoms with Crippen LogP contribution in [-0.4, -0.2) is 59.4 Å². The summed E-state index contributed by atoms with van der Waals surface area (Å²) in [6.45, 7) is -0.396. The van der Waals surface area contributed by atoms with Crippen LogP contribution in [0, 0.1) is 5.92 Å². The van der Waals surface area contributed by atoms with Crippen LogP contribution in [0.1, 0.15) is 32.1 Å². The number of esters is 1. The van der Waals surface area contributed by atoms with Gasteiger partial charge in [0.15, 0.2) is 6.61 Å². The Labute approximate surface area is 166 Å². The average molecular weight is 412 g/mol. The second kappa shape index (κ2) is 9.38. The van der Waals surface area contributed by atoms with Crippen LogP contribution in [0.5, 0.6) is 0 Å². The number of rotatable bonds is 7. The molecule has 0 atom stereocenters. The van der Waals surface area contributed by atoms with Gasteiger partial charge in [0.2, 0.25) is 10.0 Å². The van der Waals surface area contributed by atoms with Crippen molar-refractivity contribution in [3.05, 3.63) is 18.2 Å². The molecule has 9 heteroatoms. The summed E-state index contributed by atoms with van der Waals surface area (Å²) in [5, 5.41) is 2.66. The molecule has 28 heavy (non-hydrogen) atoms. The van der Waals surface area contributed by atoms with Crippen LogP contribution in [0.4, 0.5) is 11.4 Å². The first-order valence-corrected chi connectivity index (χ1v) is 10.8. The molecule has 0 aromatic heterocycles. The summed E-state index contributed by atoms with van der Waals surface area (Å²) < 4.78 is 31.0. The maximum absolute atomic E-state index is 12.4. The van der Waals surface area contributed by atoms with Crippen LogP contribution >= 0.6 is 0 Å². The standard InChI is InChI=1S/C19H29N3O5S/c1-21(2)17-11-10-15(28(25,26)22(3)4)12-16(17)20-18(23)13-27-19(24)14-8-6-5-7-9-14/h10-12,14H,5-9,13H2,1-4H3,(H,20,23). The topological polar surface area (TPSA) is 96.0 Å². The van der Waals surface area contributed by atoms with Gasteiger partial charge in [-0.2, -0.15) is 0 Å². The lowest BCUT2D eigenvalue weighted by atomic mass is 9.89. The zero-order chi connectivity index (χ0) is 20.9. The highest BCUT2D eigenvalue weighted by molar-refractivity contribution is 7.89. The minimum atomic E-state index is -3.64. The molecule has 0 radical (unpaired) electrons. The third-order valence-electron chi connectivity index (χ3n) is 4.79. The van der Waals surface area contributed by atoms with E-state index in [1.807, 2.05) is 0 Å². The molecule has 0 heterocycles. The molecule has 2 rings (SSSR count). The molecule has 1 saturated carbocycles. The van der Waals surface area contributed by atoms with Gasteiger partial charge in [0.25, 0.3) is 5.91 Å². The second-order valence-corrected chi connectivity index (χ2v) is 9.50. The van der Waals surface area contributed by atoms with Crippen molar-refractivity contribution in [3.63, 3.8) is 0 Å². The molecule has 0 bridgehead atoms. The molecule has 1 aromatic carbocycles. The molecular weight excluding hydrogens is 382 g/mol. The van der Waals surface area contributed by atoms with Crippen LogP contribution in [0.2, 0.25) is 0 Å². The first-order valence-electron chi connectivity index (χ1n) is 9.33. The summed E-state index contributed by atoms with van der Waals surface area (Å²) in [5.74, 6) is -0.981. The average Bonchev–Trinajstić information content (AvgIpc) is 2.66. The number of nitrogens with one attached hydrogen (secondary N) is 1. The lowest BCUT2D eigenvalue weighted by Crippen LogP contribution is -2.27. The Morgan fingerprint density at radius 3 is 2.32 bits per heavy atom. The lowest BCUT2D eigenvalue weighted by molar-refractivity contribution is -0.152. The third-order valence-corrected chi connectivity index (χ3v) is 6.60. The zero-order valence-electron chi connectivity index (χ0n) is 16.9. The van der Waals surface area contributed by atoms with E-state index in [1.54, 1.807) is 25.1 Å². The number of carbonyl (C=O) groups excluding carboxylic acids is 2. The maximum Gasteiger partial charge on any atom is 0.309 e. The molecule has 0 unspecified atom stereocenters. The van der Waals surface area contributed by atoms with Gasteiger partial charge in [0.05, 0.1) is 22.2 Å². The normalized spacial score (nSPS) is 15.3. The number of sulfonamides is 1. The molecule has 156 valence electrons. The van der Waals surface area contributed by atoms with Gasteiger partial charge in [-0.25, -0.2) is 12.7 Å². The fraction of sp³-hybridized carbons (Fsp3) is 0.579. The molecule has 1 aromatic rings. The number of anilines is 2. The third kappa shape index (κ3) is 5.45. The summed E-state index contributed by atoms with van der Waals surface area (Å²) >= 11 is 0. The van der Waals surface area contributed by atoms with Crippen molar-refractivity contribution in [1.82, 2.24) is 4.31 Å². The predicted octanol–water partition coefficient (Wildman–Crippen LogP) is 2.06. The highest BCUT2D eigenvalue weighted by atomic mass is 32.2. The van der Waals surface area contributed by atoms with Gasteiger partial charge in [-0.3, -0.25) is 9.59 Å². The summed E-state index contributed by atoms with van der Waals surface area (Å²) in [7, 11) is 2.82. The Balaban J connectivity index is 2.10. The maximum atomic E-state index is 12.4. The lowest BCUT2D eigenvalue weighted by Gasteiger charge is -2.21. The van der Waals surface area contributed by atoms with Gasteiger partial charge >= 0.3 is 5.97 Å². The van der Waals surface area contributed by atoms with Gasteiger partial charge < -0.3 is 15.0 Å². The Hall–Kier alpha value is -2.13. The molecule has 1 N–H and O–H groups in total. The quantitative estimate of drug-likeness (QED) is 0.690. The van der Waals surface area contributed by atoms with Crippen LogP contribution in [0.3, 0.4) is 0 Å². The van der Waals surface area contributed by atoms with E-state index in [0.29, 0.717) is 11.4 Å². The van der Waals surface area contributed by atoms with Gasteiger partial charge in [0.1, 0.15) is 0 Å². The zero-order valence-corrected chi connectivity index (χ0v) is 17.7.